The minimum atomic E-state index is -4.49. The molecule has 10 heteroatoms. The second kappa shape index (κ2) is 13.2. The lowest BCUT2D eigenvalue weighted by Crippen LogP contribution is -2.51. The molecule has 2 amide bonds. The fraction of sp³-hybridized carbons (Fsp3) is 0.556. The molecule has 1 heterocycles. The second-order valence-electron chi connectivity index (χ2n) is 15.0. The number of nitrogens with zero attached hydrogens (tertiary/aromatic N) is 2. The summed E-state index contributed by atoms with van der Waals surface area (Å²) >= 11 is 0. The van der Waals surface area contributed by atoms with Gasteiger partial charge in [-0.25, -0.2) is 0 Å². The summed E-state index contributed by atoms with van der Waals surface area (Å²) in [7, 11) is 0. The average molecular weight is 642 g/mol. The van der Waals surface area contributed by atoms with Crippen LogP contribution in [-0.4, -0.2) is 45.7 Å². The highest BCUT2D eigenvalue weighted by molar-refractivity contribution is 6.46. The Hall–Kier alpha value is -3.69. The van der Waals surface area contributed by atoms with Crippen molar-refractivity contribution in [2.75, 3.05) is 6.54 Å². The number of aliphatic imine (C=N–C) groups is 1. The number of amides is 2. The molecule has 2 aliphatic rings. The zero-order chi connectivity index (χ0) is 34.1. The smallest absolute Gasteiger partial charge is 0.416 e. The van der Waals surface area contributed by atoms with Crippen LogP contribution in [0.2, 0.25) is 0 Å². The number of carboxylic acid groups (broad SMARTS) is 1. The van der Waals surface area contributed by atoms with E-state index in [1.807, 2.05) is 17.0 Å². The minimum Gasteiger partial charge on any atom is -0.481 e. The summed E-state index contributed by atoms with van der Waals surface area (Å²) in [6, 6.07) is 11.3. The maximum absolute atomic E-state index is 14.5. The molecule has 2 aromatic rings. The molecule has 1 fully saturated rings. The van der Waals surface area contributed by atoms with Crippen LogP contribution >= 0.6 is 0 Å². The maximum Gasteiger partial charge on any atom is 0.416 e. The van der Waals surface area contributed by atoms with Crippen LogP contribution in [0.3, 0.4) is 0 Å². The van der Waals surface area contributed by atoms with Gasteiger partial charge in [0, 0.05) is 17.7 Å². The Labute approximate surface area is 269 Å². The van der Waals surface area contributed by atoms with Gasteiger partial charge in [-0.1, -0.05) is 65.8 Å². The molecule has 1 aliphatic carbocycles. The highest BCUT2D eigenvalue weighted by Crippen LogP contribution is 2.50. The second-order valence-corrected chi connectivity index (χ2v) is 15.0. The first kappa shape index (κ1) is 35.2. The van der Waals surface area contributed by atoms with E-state index in [2.05, 4.69) is 46.9 Å². The van der Waals surface area contributed by atoms with E-state index in [0.29, 0.717) is 36.3 Å². The Balaban J connectivity index is 1.74. The molecule has 0 aromatic heterocycles. The molecule has 4 rings (SSSR count). The Morgan fingerprint density at radius 1 is 0.978 bits per heavy atom. The summed E-state index contributed by atoms with van der Waals surface area (Å²) in [5, 5.41) is 11.5. The molecule has 0 unspecified atom stereocenters. The molecular weight excluding hydrogens is 595 g/mol. The highest BCUT2D eigenvalue weighted by atomic mass is 19.4. The fourth-order valence-corrected chi connectivity index (χ4v) is 6.60. The maximum atomic E-state index is 14.5. The largest absolute Gasteiger partial charge is 0.481 e. The van der Waals surface area contributed by atoms with Gasteiger partial charge in [-0.2, -0.15) is 13.2 Å². The van der Waals surface area contributed by atoms with Crippen LogP contribution in [0.15, 0.2) is 53.5 Å². The summed E-state index contributed by atoms with van der Waals surface area (Å²) in [5.41, 5.74) is 0.167. The third-order valence-corrected chi connectivity index (χ3v) is 9.35. The van der Waals surface area contributed by atoms with E-state index in [1.165, 1.54) is 12.1 Å². The summed E-state index contributed by atoms with van der Waals surface area (Å²) < 4.78 is 40.0. The zero-order valence-corrected chi connectivity index (χ0v) is 27.6. The lowest BCUT2D eigenvalue weighted by molar-refractivity contribution is -0.138. The lowest BCUT2D eigenvalue weighted by atomic mass is 9.69. The topological polar surface area (TPSA) is 99.1 Å². The van der Waals surface area contributed by atoms with E-state index in [4.69, 9.17) is 10.1 Å². The van der Waals surface area contributed by atoms with Crippen molar-refractivity contribution in [3.63, 3.8) is 0 Å². The normalized spacial score (nSPS) is 21.3. The van der Waals surface area contributed by atoms with E-state index < -0.39 is 29.4 Å². The van der Waals surface area contributed by atoms with E-state index >= 15 is 0 Å². The number of benzene rings is 2. The number of hydrogen-bond acceptors (Lipinski definition) is 4. The van der Waals surface area contributed by atoms with Crippen LogP contribution < -0.4 is 5.32 Å². The summed E-state index contributed by atoms with van der Waals surface area (Å²) in [6.45, 7) is 13.1. The Morgan fingerprint density at radius 2 is 1.57 bits per heavy atom. The van der Waals surface area contributed by atoms with E-state index in [0.717, 1.165) is 37.0 Å². The van der Waals surface area contributed by atoms with E-state index in [9.17, 15) is 27.6 Å². The standard InChI is InChI=1S/C36H46F3N3O4/c1-33(2,3)19-17-28(23-7-9-25(10-8-23)31(45)40-22-18-29(43)44)42-32(46)30(24-11-13-27(14-12-24)36(37,38)39)41-35(42)20-15-26(16-21-35)34(4,5)6/h7-14,26,28H,15-22H2,1-6H3,(H,40,45)(H,43,44)/t26?,28-,35?/m1/s1. The summed E-state index contributed by atoms with van der Waals surface area (Å²) in [4.78, 5) is 45.0. The first-order valence-electron chi connectivity index (χ1n) is 16.0. The highest BCUT2D eigenvalue weighted by Gasteiger charge is 2.52. The number of rotatable bonds is 9. The Kier molecular flexibility index (Phi) is 10.1. The molecule has 46 heavy (non-hydrogen) atoms. The predicted molar refractivity (Wildman–Crippen MR) is 171 cm³/mol. The minimum absolute atomic E-state index is 0.00848. The fourth-order valence-electron chi connectivity index (χ4n) is 6.60. The van der Waals surface area contributed by atoms with Crippen LogP contribution in [0.5, 0.6) is 0 Å². The van der Waals surface area contributed by atoms with Crippen molar-refractivity contribution in [1.82, 2.24) is 10.2 Å². The molecule has 0 bridgehead atoms. The van der Waals surface area contributed by atoms with E-state index in [-0.39, 0.29) is 41.3 Å². The van der Waals surface area contributed by atoms with Gasteiger partial charge in [0.25, 0.3) is 11.8 Å². The zero-order valence-electron chi connectivity index (χ0n) is 27.6. The number of aliphatic carboxylic acids is 1. The molecule has 1 aliphatic heterocycles. The van der Waals surface area contributed by atoms with Crippen molar-refractivity contribution in [3.05, 3.63) is 70.8 Å². The number of carboxylic acids is 1. The number of nitrogens with one attached hydrogen (secondary N) is 1. The van der Waals surface area contributed by atoms with Crippen LogP contribution in [0.1, 0.15) is 120 Å². The molecule has 7 nitrogen and oxygen atoms in total. The molecule has 1 saturated carbocycles. The number of carbonyl (C=O) groups excluding carboxylic acids is 2. The van der Waals surface area contributed by atoms with Gasteiger partial charge in [0.15, 0.2) is 0 Å². The predicted octanol–water partition coefficient (Wildman–Crippen LogP) is 8.04. The van der Waals surface area contributed by atoms with Crippen LogP contribution in [0.4, 0.5) is 13.2 Å². The van der Waals surface area contributed by atoms with Gasteiger partial charge >= 0.3 is 12.1 Å². The molecule has 2 aromatic carbocycles. The van der Waals surface area contributed by atoms with Gasteiger partial charge < -0.3 is 15.3 Å². The van der Waals surface area contributed by atoms with Crippen molar-refractivity contribution in [2.45, 2.75) is 104 Å². The first-order chi connectivity index (χ1) is 21.3. The average Bonchev–Trinajstić information content (AvgIpc) is 3.23. The number of carbonyl (C=O) groups is 3. The van der Waals surface area contributed by atoms with Crippen molar-refractivity contribution < 1.29 is 32.7 Å². The molecule has 1 spiro atoms. The van der Waals surface area contributed by atoms with Crippen LogP contribution in [-0.2, 0) is 15.8 Å². The Morgan fingerprint density at radius 3 is 2.07 bits per heavy atom. The number of hydrogen-bond donors (Lipinski definition) is 2. The van der Waals surface area contributed by atoms with Crippen LogP contribution in [0.25, 0.3) is 0 Å². The number of halogens is 3. The molecule has 1 atom stereocenters. The third kappa shape index (κ3) is 8.17. The van der Waals surface area contributed by atoms with Gasteiger partial charge in [-0.05, 0) is 85.1 Å². The third-order valence-electron chi connectivity index (χ3n) is 9.35. The molecule has 0 radical (unpaired) electrons. The molecule has 2 N–H and O–H groups in total. The first-order valence-corrected chi connectivity index (χ1v) is 16.0. The van der Waals surface area contributed by atoms with Gasteiger partial charge in [-0.3, -0.25) is 19.4 Å². The lowest BCUT2D eigenvalue weighted by Gasteiger charge is -2.47. The van der Waals surface area contributed by atoms with Gasteiger partial charge in [-0.15, -0.1) is 0 Å². The van der Waals surface area contributed by atoms with Crippen molar-refractivity contribution in [2.24, 2.45) is 21.7 Å². The quantitative estimate of drug-likeness (QED) is 0.290. The van der Waals surface area contributed by atoms with Crippen LogP contribution in [0, 0.1) is 16.7 Å². The van der Waals surface area contributed by atoms with E-state index in [1.54, 1.807) is 12.1 Å². The van der Waals surface area contributed by atoms with Gasteiger partial charge in [0.2, 0.25) is 0 Å². The van der Waals surface area contributed by atoms with Gasteiger partial charge in [0.05, 0.1) is 18.0 Å². The monoisotopic (exact) mass is 641 g/mol. The van der Waals surface area contributed by atoms with Crippen molar-refractivity contribution in [3.8, 4) is 0 Å². The SMILES string of the molecule is CC(C)(C)CC[C@H](c1ccc(C(=O)NCCC(=O)O)cc1)N1C(=O)C(c2ccc(C(F)(F)F)cc2)=NC12CCC(C(C)(C)C)CC2. The number of alkyl halides is 3. The van der Waals surface area contributed by atoms with Gasteiger partial charge in [0.1, 0.15) is 11.4 Å². The molecule has 0 saturated heterocycles. The Bertz CT molecular complexity index is 1440. The van der Waals surface area contributed by atoms with Crippen molar-refractivity contribution >= 4 is 23.5 Å². The molecule has 250 valence electrons. The van der Waals surface area contributed by atoms with Crippen molar-refractivity contribution in [1.29, 1.82) is 0 Å². The summed E-state index contributed by atoms with van der Waals surface area (Å²) in [6.07, 6.45) is -0.265. The molecular formula is C36H46F3N3O4. The summed E-state index contributed by atoms with van der Waals surface area (Å²) in [5.74, 6) is -1.26.